The van der Waals surface area contributed by atoms with Crippen molar-refractivity contribution in [3.05, 3.63) is 47.2 Å². The molecule has 0 bridgehead atoms. The largest absolute Gasteiger partial charge is 0.472 e. The van der Waals surface area contributed by atoms with E-state index in [2.05, 4.69) is 26.1 Å². The third kappa shape index (κ3) is 4.14. The molecule has 0 aromatic carbocycles. The molecule has 1 saturated heterocycles. The lowest BCUT2D eigenvalue weighted by Crippen LogP contribution is -2.46. The van der Waals surface area contributed by atoms with Crippen molar-refractivity contribution < 1.29 is 14.0 Å². The number of piperidine rings is 1. The van der Waals surface area contributed by atoms with Gasteiger partial charge >= 0.3 is 0 Å². The molecule has 0 atom stereocenters. The molecule has 1 aliphatic carbocycles. The topological polar surface area (TPSA) is 93.3 Å². The number of likely N-dealkylation sites (tertiary alicyclic amines) is 1. The van der Waals surface area contributed by atoms with Crippen LogP contribution in [0.3, 0.4) is 0 Å². The Hall–Kier alpha value is -3.16. The highest BCUT2D eigenvalue weighted by Crippen LogP contribution is 2.41. The molecule has 8 heteroatoms. The first kappa shape index (κ1) is 21.7. The van der Waals surface area contributed by atoms with Crippen LogP contribution in [0.4, 0.5) is 0 Å². The minimum atomic E-state index is -0.232. The van der Waals surface area contributed by atoms with Crippen molar-refractivity contribution in [1.82, 2.24) is 25.0 Å². The summed E-state index contributed by atoms with van der Waals surface area (Å²) in [6.07, 6.45) is 6.66. The van der Waals surface area contributed by atoms with Crippen molar-refractivity contribution in [3.8, 4) is 0 Å². The van der Waals surface area contributed by atoms with Crippen molar-refractivity contribution in [1.29, 1.82) is 0 Å². The molecule has 3 aromatic rings. The maximum Gasteiger partial charge on any atom is 0.257 e. The fourth-order valence-electron chi connectivity index (χ4n) is 4.60. The number of carbonyl (C=O) groups excluding carboxylic acids is 2. The summed E-state index contributed by atoms with van der Waals surface area (Å²) in [5.74, 6) is 0.325. The summed E-state index contributed by atoms with van der Waals surface area (Å²) in [7, 11) is 0. The molecule has 0 spiro atoms. The zero-order valence-corrected chi connectivity index (χ0v) is 19.7. The second-order valence-electron chi connectivity index (χ2n) is 10.3. The summed E-state index contributed by atoms with van der Waals surface area (Å²) in [6.45, 7) is 9.46. The molecular formula is C25H31N5O3. The number of rotatable bonds is 4. The van der Waals surface area contributed by atoms with Gasteiger partial charge in [-0.15, -0.1) is 0 Å². The molecule has 2 aliphatic rings. The maximum absolute atomic E-state index is 13.5. The fraction of sp³-hybridized carbons (Fsp3) is 0.520. The van der Waals surface area contributed by atoms with Crippen LogP contribution in [0.1, 0.15) is 84.5 Å². The molecule has 0 unspecified atom stereocenters. The van der Waals surface area contributed by atoms with E-state index >= 15 is 0 Å². The van der Waals surface area contributed by atoms with Crippen LogP contribution < -0.4 is 5.32 Å². The highest BCUT2D eigenvalue weighted by molar-refractivity contribution is 6.06. The average Bonchev–Trinajstić information content (AvgIpc) is 3.37. The minimum Gasteiger partial charge on any atom is -0.472 e. The number of furan rings is 1. The normalized spacial score (nSPS) is 17.5. The number of pyridine rings is 1. The highest BCUT2D eigenvalue weighted by Gasteiger charge is 2.31. The van der Waals surface area contributed by atoms with Crippen LogP contribution in [0.5, 0.6) is 0 Å². The van der Waals surface area contributed by atoms with Gasteiger partial charge in [0.05, 0.1) is 34.0 Å². The van der Waals surface area contributed by atoms with E-state index in [4.69, 9.17) is 14.5 Å². The van der Waals surface area contributed by atoms with Crippen LogP contribution in [0.2, 0.25) is 0 Å². The molecular weight excluding hydrogens is 418 g/mol. The van der Waals surface area contributed by atoms with Gasteiger partial charge in [0.1, 0.15) is 6.26 Å². The molecule has 33 heavy (non-hydrogen) atoms. The number of hydrogen-bond donors (Lipinski definition) is 1. The van der Waals surface area contributed by atoms with Gasteiger partial charge in [-0.3, -0.25) is 9.59 Å². The summed E-state index contributed by atoms with van der Waals surface area (Å²) in [4.78, 5) is 32.8. The summed E-state index contributed by atoms with van der Waals surface area (Å²) in [5.41, 5.74) is 3.58. The SMILES string of the molecule is Cc1nn(C(C)(C)C)c2nc(C3CC3)cc(C(=O)NC3CCN(C(=O)c4ccoc4)CC3)c12. The lowest BCUT2D eigenvalue weighted by Gasteiger charge is -2.32. The highest BCUT2D eigenvalue weighted by atomic mass is 16.3. The van der Waals surface area contributed by atoms with Gasteiger partial charge in [-0.1, -0.05) is 0 Å². The van der Waals surface area contributed by atoms with E-state index in [-0.39, 0.29) is 23.4 Å². The van der Waals surface area contributed by atoms with E-state index in [1.54, 1.807) is 6.07 Å². The number of nitrogens with one attached hydrogen (secondary N) is 1. The average molecular weight is 450 g/mol. The summed E-state index contributed by atoms with van der Waals surface area (Å²) < 4.78 is 6.98. The zero-order chi connectivity index (χ0) is 23.3. The van der Waals surface area contributed by atoms with Crippen molar-refractivity contribution in [2.24, 2.45) is 0 Å². The Bertz CT molecular complexity index is 1190. The number of aryl methyl sites for hydroxylation is 1. The summed E-state index contributed by atoms with van der Waals surface area (Å²) in [5, 5.41) is 8.80. The third-order valence-corrected chi connectivity index (χ3v) is 6.59. The van der Waals surface area contributed by atoms with Gasteiger partial charge in [-0.2, -0.15) is 5.10 Å². The van der Waals surface area contributed by atoms with Gasteiger partial charge in [0.15, 0.2) is 5.65 Å². The van der Waals surface area contributed by atoms with Crippen LogP contribution in [0.25, 0.3) is 11.0 Å². The summed E-state index contributed by atoms with van der Waals surface area (Å²) in [6, 6.07) is 3.67. The number of aromatic nitrogens is 3. The minimum absolute atomic E-state index is 0.0244. The quantitative estimate of drug-likeness (QED) is 0.650. The maximum atomic E-state index is 13.5. The Balaban J connectivity index is 1.37. The standard InChI is InChI=1S/C25H31N5O3/c1-15-21-19(13-20(16-5-6-16)27-22(21)30(28-15)25(2,3)4)23(31)26-18-7-10-29(11-8-18)24(32)17-9-12-33-14-17/h9,12-14,16,18H,5-8,10-11H2,1-4H3,(H,26,31). The van der Waals surface area contributed by atoms with Crippen molar-refractivity contribution >= 4 is 22.8 Å². The van der Waals surface area contributed by atoms with Gasteiger partial charge in [-0.25, -0.2) is 9.67 Å². The van der Waals surface area contributed by atoms with Crippen molar-refractivity contribution in [2.75, 3.05) is 13.1 Å². The van der Waals surface area contributed by atoms with Crippen LogP contribution in [0.15, 0.2) is 29.1 Å². The second kappa shape index (κ2) is 8.01. The van der Waals surface area contributed by atoms with Crippen LogP contribution in [-0.4, -0.2) is 50.6 Å². The predicted molar refractivity (Wildman–Crippen MR) is 124 cm³/mol. The molecule has 174 valence electrons. The van der Waals surface area contributed by atoms with Crippen LogP contribution in [0, 0.1) is 6.92 Å². The van der Waals surface area contributed by atoms with Gasteiger partial charge in [0.2, 0.25) is 0 Å². The number of hydrogen-bond acceptors (Lipinski definition) is 5. The smallest absolute Gasteiger partial charge is 0.257 e. The van der Waals surface area contributed by atoms with Crippen molar-refractivity contribution in [2.45, 2.75) is 70.9 Å². The Morgan fingerprint density at radius 2 is 1.88 bits per heavy atom. The number of fused-ring (bicyclic) bond motifs is 1. The van der Waals surface area contributed by atoms with E-state index < -0.39 is 0 Å². The van der Waals surface area contributed by atoms with Gasteiger partial charge in [0, 0.05) is 30.7 Å². The monoisotopic (exact) mass is 449 g/mol. The third-order valence-electron chi connectivity index (χ3n) is 6.59. The molecule has 5 rings (SSSR count). The first-order valence-corrected chi connectivity index (χ1v) is 11.8. The Morgan fingerprint density at radius 1 is 1.15 bits per heavy atom. The molecule has 0 radical (unpaired) electrons. The zero-order valence-electron chi connectivity index (χ0n) is 19.7. The van der Waals surface area contributed by atoms with Crippen LogP contribution in [-0.2, 0) is 5.54 Å². The number of amides is 2. The molecule has 2 amide bonds. The van der Waals surface area contributed by atoms with E-state index in [0.717, 1.165) is 48.1 Å². The van der Waals surface area contributed by atoms with Gasteiger partial charge in [-0.05, 0) is 65.5 Å². The first-order valence-electron chi connectivity index (χ1n) is 11.8. The molecule has 1 saturated carbocycles. The number of nitrogens with zero attached hydrogens (tertiary/aromatic N) is 4. The lowest BCUT2D eigenvalue weighted by molar-refractivity contribution is 0.0697. The Morgan fingerprint density at radius 3 is 2.48 bits per heavy atom. The van der Waals surface area contributed by atoms with Crippen molar-refractivity contribution in [3.63, 3.8) is 0 Å². The first-order chi connectivity index (χ1) is 15.7. The fourth-order valence-corrected chi connectivity index (χ4v) is 4.60. The Labute approximate surface area is 193 Å². The van der Waals surface area contributed by atoms with E-state index in [0.29, 0.717) is 30.1 Å². The molecule has 3 aromatic heterocycles. The van der Waals surface area contributed by atoms with E-state index in [1.165, 1.54) is 12.5 Å². The number of carbonyl (C=O) groups is 2. The predicted octanol–water partition coefficient (Wildman–Crippen LogP) is 4.00. The second-order valence-corrected chi connectivity index (χ2v) is 10.3. The molecule has 2 fully saturated rings. The molecule has 1 N–H and O–H groups in total. The Kier molecular flexibility index (Phi) is 5.26. The molecule has 4 heterocycles. The lowest BCUT2D eigenvalue weighted by atomic mass is 10.0. The van der Waals surface area contributed by atoms with E-state index in [1.807, 2.05) is 22.6 Å². The molecule has 8 nitrogen and oxygen atoms in total. The summed E-state index contributed by atoms with van der Waals surface area (Å²) >= 11 is 0. The van der Waals surface area contributed by atoms with E-state index in [9.17, 15) is 9.59 Å². The van der Waals surface area contributed by atoms with Gasteiger partial charge < -0.3 is 14.6 Å². The van der Waals surface area contributed by atoms with Gasteiger partial charge in [0.25, 0.3) is 11.8 Å². The molecule has 1 aliphatic heterocycles. The van der Waals surface area contributed by atoms with Crippen LogP contribution >= 0.6 is 0 Å².